The maximum atomic E-state index is 3.69. The van der Waals surface area contributed by atoms with Crippen molar-refractivity contribution >= 4 is 12.2 Å². The average molecular weight is 158 g/mol. The van der Waals surface area contributed by atoms with Gasteiger partial charge in [-0.2, -0.15) is 0 Å². The van der Waals surface area contributed by atoms with Gasteiger partial charge in [0.05, 0.1) is 0 Å². The zero-order valence-corrected chi connectivity index (χ0v) is 7.67. The van der Waals surface area contributed by atoms with Crippen molar-refractivity contribution in [2.24, 2.45) is 0 Å². The maximum Gasteiger partial charge on any atom is -0.0185 e. The van der Waals surface area contributed by atoms with Crippen molar-refractivity contribution in [3.8, 4) is 0 Å². The zero-order chi connectivity index (χ0) is 8.97. The number of benzene rings is 1. The summed E-state index contributed by atoms with van der Waals surface area (Å²) in [6.07, 6.45) is 5.98. The lowest BCUT2D eigenvalue weighted by Gasteiger charge is -1.93. The molecule has 0 aromatic heterocycles. The van der Waals surface area contributed by atoms with Crippen molar-refractivity contribution in [3.63, 3.8) is 0 Å². The minimum Gasteiger partial charge on any atom is -0.0990 e. The highest BCUT2D eigenvalue weighted by atomic mass is 13.9. The largest absolute Gasteiger partial charge is 0.0990 e. The Kier molecular flexibility index (Phi) is 2.87. The molecule has 0 saturated carbocycles. The van der Waals surface area contributed by atoms with Crippen LogP contribution in [0.2, 0.25) is 0 Å². The molecule has 1 rings (SSSR count). The molecular formula is C12H14. The second-order valence-corrected chi connectivity index (χ2v) is 2.77. The predicted octanol–water partition coefficient (Wildman–Crippen LogP) is 1.76. The highest BCUT2D eigenvalue weighted by molar-refractivity contribution is 5.40. The van der Waals surface area contributed by atoms with E-state index in [9.17, 15) is 0 Å². The molecule has 0 spiro atoms. The summed E-state index contributed by atoms with van der Waals surface area (Å²) in [5.74, 6) is 0. The Bertz CT molecular complexity index is 383. The number of hydrogen-bond acceptors (Lipinski definition) is 0. The summed E-state index contributed by atoms with van der Waals surface area (Å²) in [5, 5.41) is 2.55. The summed E-state index contributed by atoms with van der Waals surface area (Å²) in [5.41, 5.74) is 1.31. The number of allylic oxidation sites excluding steroid dienone is 1. The van der Waals surface area contributed by atoms with Crippen LogP contribution in [-0.2, 0) is 0 Å². The summed E-state index contributed by atoms with van der Waals surface area (Å²) in [7, 11) is 0. The summed E-state index contributed by atoms with van der Waals surface area (Å²) in [6.45, 7) is 7.87. The molecule has 0 amide bonds. The van der Waals surface area contributed by atoms with Gasteiger partial charge in [0.1, 0.15) is 0 Å². The SMILES string of the molecule is C=C/C=c1/cccc(C)/c1=C/C. The van der Waals surface area contributed by atoms with Crippen molar-refractivity contribution in [3.05, 3.63) is 46.9 Å². The van der Waals surface area contributed by atoms with Gasteiger partial charge in [-0.3, -0.25) is 0 Å². The molecule has 0 N–H and O–H groups in total. The molecule has 0 saturated heterocycles. The Labute approximate surface area is 73.6 Å². The highest BCUT2D eigenvalue weighted by Gasteiger charge is 1.86. The van der Waals surface area contributed by atoms with Crippen LogP contribution in [0, 0.1) is 6.92 Å². The summed E-state index contributed by atoms with van der Waals surface area (Å²) in [6, 6.07) is 6.29. The van der Waals surface area contributed by atoms with E-state index in [1.807, 2.05) is 12.2 Å². The van der Waals surface area contributed by atoms with Crippen LogP contribution in [0.1, 0.15) is 12.5 Å². The fourth-order valence-electron chi connectivity index (χ4n) is 1.37. The van der Waals surface area contributed by atoms with Gasteiger partial charge in [0, 0.05) is 0 Å². The molecule has 0 nitrogen and oxygen atoms in total. The van der Waals surface area contributed by atoms with Crippen molar-refractivity contribution in [2.75, 3.05) is 0 Å². The Morgan fingerprint density at radius 2 is 2.08 bits per heavy atom. The van der Waals surface area contributed by atoms with E-state index in [0.717, 1.165) is 0 Å². The van der Waals surface area contributed by atoms with Gasteiger partial charge >= 0.3 is 0 Å². The van der Waals surface area contributed by atoms with Gasteiger partial charge in [-0.05, 0) is 29.8 Å². The third kappa shape index (κ3) is 1.65. The maximum absolute atomic E-state index is 3.69. The molecular weight excluding hydrogens is 144 g/mol. The van der Waals surface area contributed by atoms with E-state index in [1.54, 1.807) is 0 Å². The molecule has 0 unspecified atom stereocenters. The molecule has 12 heavy (non-hydrogen) atoms. The molecule has 0 aliphatic heterocycles. The topological polar surface area (TPSA) is 0 Å². The molecule has 1 aromatic carbocycles. The van der Waals surface area contributed by atoms with E-state index in [2.05, 4.69) is 44.7 Å². The molecule has 0 aliphatic rings. The first kappa shape index (κ1) is 8.79. The Balaban J connectivity index is 3.61. The second-order valence-electron chi connectivity index (χ2n) is 2.77. The van der Waals surface area contributed by atoms with Gasteiger partial charge in [-0.15, -0.1) is 0 Å². The van der Waals surface area contributed by atoms with Crippen LogP contribution in [0.4, 0.5) is 0 Å². The second kappa shape index (κ2) is 3.91. The first-order valence-electron chi connectivity index (χ1n) is 4.14. The molecule has 0 atom stereocenters. The quantitative estimate of drug-likeness (QED) is 0.584. The summed E-state index contributed by atoms with van der Waals surface area (Å²) >= 11 is 0. The fraction of sp³-hybridized carbons (Fsp3) is 0.167. The number of rotatable bonds is 1. The van der Waals surface area contributed by atoms with Gasteiger partial charge in [0.15, 0.2) is 0 Å². The average Bonchev–Trinajstić information content (AvgIpc) is 2.05. The first-order chi connectivity index (χ1) is 5.79. The highest BCUT2D eigenvalue weighted by Crippen LogP contribution is 1.83. The third-order valence-electron chi connectivity index (χ3n) is 1.94. The number of aryl methyl sites for hydroxylation is 1. The van der Waals surface area contributed by atoms with Gasteiger partial charge in [0.25, 0.3) is 0 Å². The molecule has 0 aliphatic carbocycles. The lowest BCUT2D eigenvalue weighted by Crippen LogP contribution is -2.26. The Hall–Kier alpha value is -1.30. The van der Waals surface area contributed by atoms with Crippen LogP contribution in [-0.4, -0.2) is 0 Å². The molecule has 0 radical (unpaired) electrons. The van der Waals surface area contributed by atoms with Crippen molar-refractivity contribution in [1.29, 1.82) is 0 Å². The van der Waals surface area contributed by atoms with E-state index < -0.39 is 0 Å². The van der Waals surface area contributed by atoms with E-state index in [-0.39, 0.29) is 0 Å². The Morgan fingerprint density at radius 3 is 2.67 bits per heavy atom. The lowest BCUT2D eigenvalue weighted by molar-refractivity contribution is 1.36. The monoisotopic (exact) mass is 158 g/mol. The van der Waals surface area contributed by atoms with Crippen molar-refractivity contribution in [2.45, 2.75) is 13.8 Å². The van der Waals surface area contributed by atoms with Gasteiger partial charge in [0.2, 0.25) is 0 Å². The van der Waals surface area contributed by atoms with E-state index in [4.69, 9.17) is 0 Å². The van der Waals surface area contributed by atoms with E-state index >= 15 is 0 Å². The summed E-state index contributed by atoms with van der Waals surface area (Å²) < 4.78 is 0. The van der Waals surface area contributed by atoms with E-state index in [0.29, 0.717) is 0 Å². The van der Waals surface area contributed by atoms with Crippen molar-refractivity contribution in [1.82, 2.24) is 0 Å². The minimum absolute atomic E-state index is 1.24. The summed E-state index contributed by atoms with van der Waals surface area (Å²) in [4.78, 5) is 0. The molecule has 0 bridgehead atoms. The predicted molar refractivity (Wildman–Crippen MR) is 55.2 cm³/mol. The zero-order valence-electron chi connectivity index (χ0n) is 7.67. The smallest absolute Gasteiger partial charge is 0.0185 e. The van der Waals surface area contributed by atoms with Gasteiger partial charge in [-0.25, -0.2) is 0 Å². The molecule has 0 heterocycles. The van der Waals surface area contributed by atoms with Gasteiger partial charge in [-0.1, -0.05) is 43.0 Å². The Morgan fingerprint density at radius 1 is 1.33 bits per heavy atom. The third-order valence-corrected chi connectivity index (χ3v) is 1.94. The van der Waals surface area contributed by atoms with Crippen LogP contribution in [0.5, 0.6) is 0 Å². The van der Waals surface area contributed by atoms with E-state index in [1.165, 1.54) is 16.0 Å². The molecule has 0 fully saturated rings. The van der Waals surface area contributed by atoms with Crippen LogP contribution in [0.3, 0.4) is 0 Å². The van der Waals surface area contributed by atoms with Crippen LogP contribution in [0.15, 0.2) is 30.9 Å². The van der Waals surface area contributed by atoms with Crippen LogP contribution in [0.25, 0.3) is 12.2 Å². The van der Waals surface area contributed by atoms with Gasteiger partial charge < -0.3 is 0 Å². The van der Waals surface area contributed by atoms with Crippen molar-refractivity contribution < 1.29 is 0 Å². The van der Waals surface area contributed by atoms with Crippen LogP contribution < -0.4 is 10.4 Å². The molecule has 0 heteroatoms. The standard InChI is InChI=1S/C12H14/c1-4-7-11-9-6-8-10(3)12(11)5-2/h4-9H,1H2,2-3H3/b11-7-,12-5-. The fourth-order valence-corrected chi connectivity index (χ4v) is 1.37. The first-order valence-corrected chi connectivity index (χ1v) is 4.14. The number of hydrogen-bond donors (Lipinski definition) is 0. The lowest BCUT2D eigenvalue weighted by atomic mass is 10.1. The van der Waals surface area contributed by atoms with Crippen LogP contribution >= 0.6 is 0 Å². The molecule has 62 valence electrons. The normalized spacial score (nSPS) is 13.5. The minimum atomic E-state index is 1.24. The molecule has 1 aromatic rings.